The van der Waals surface area contributed by atoms with Crippen LogP contribution in [0.1, 0.15) is 41.4 Å². The highest BCUT2D eigenvalue weighted by molar-refractivity contribution is 5.84. The molecule has 1 fully saturated rings. The van der Waals surface area contributed by atoms with Gasteiger partial charge in [0.05, 0.1) is 0 Å². The molecule has 0 saturated carbocycles. The monoisotopic (exact) mass is 393 g/mol. The number of hydrogen-bond donors (Lipinski definition) is 0. The molecular weight excluding hydrogens is 365 g/mol. The highest BCUT2D eigenvalue weighted by atomic mass is 19.1. The Hall–Kier alpha value is -2.31. The average molecular weight is 394 g/mol. The van der Waals surface area contributed by atoms with E-state index in [0.29, 0.717) is 5.92 Å². The molecule has 0 unspecified atom stereocenters. The number of aromatic nitrogens is 3. The summed E-state index contributed by atoms with van der Waals surface area (Å²) in [4.78, 5) is 14.5. The van der Waals surface area contributed by atoms with Crippen LogP contribution < -0.4 is 0 Å². The van der Waals surface area contributed by atoms with Crippen molar-refractivity contribution in [2.75, 3.05) is 26.7 Å². The lowest BCUT2D eigenvalue weighted by atomic mass is 9.96. The summed E-state index contributed by atoms with van der Waals surface area (Å²) in [6, 6.07) is 5.06. The number of benzene rings is 1. The molecular formula is C23H28FN5. The van der Waals surface area contributed by atoms with E-state index in [2.05, 4.69) is 27.6 Å². The van der Waals surface area contributed by atoms with Gasteiger partial charge < -0.3 is 9.47 Å². The number of halogens is 1. The van der Waals surface area contributed by atoms with Gasteiger partial charge in [-0.15, -0.1) is 0 Å². The first kappa shape index (κ1) is 18.7. The van der Waals surface area contributed by atoms with Crippen LogP contribution in [0.3, 0.4) is 0 Å². The number of hydrogen-bond acceptors (Lipinski definition) is 4. The van der Waals surface area contributed by atoms with Crippen molar-refractivity contribution in [3.05, 3.63) is 59.1 Å². The smallest absolute Gasteiger partial charge is 0.132 e. The van der Waals surface area contributed by atoms with Gasteiger partial charge in [0.2, 0.25) is 0 Å². The lowest BCUT2D eigenvalue weighted by Crippen LogP contribution is -2.35. The second kappa shape index (κ2) is 7.50. The van der Waals surface area contributed by atoms with E-state index in [-0.39, 0.29) is 5.82 Å². The van der Waals surface area contributed by atoms with E-state index >= 15 is 0 Å². The minimum absolute atomic E-state index is 0.172. The Morgan fingerprint density at radius 1 is 1.21 bits per heavy atom. The minimum atomic E-state index is -0.172. The molecule has 152 valence electrons. The topological polar surface area (TPSA) is 37.2 Å². The summed E-state index contributed by atoms with van der Waals surface area (Å²) in [6.07, 6.45) is 7.48. The van der Waals surface area contributed by atoms with Crippen molar-refractivity contribution < 1.29 is 4.39 Å². The molecule has 5 nitrogen and oxygen atoms in total. The van der Waals surface area contributed by atoms with Crippen molar-refractivity contribution in [1.29, 1.82) is 0 Å². The van der Waals surface area contributed by atoms with Crippen LogP contribution in [0, 0.1) is 5.82 Å². The van der Waals surface area contributed by atoms with Crippen LogP contribution in [0.25, 0.3) is 10.9 Å². The Morgan fingerprint density at radius 3 is 3.00 bits per heavy atom. The van der Waals surface area contributed by atoms with Gasteiger partial charge in [-0.25, -0.2) is 14.4 Å². The molecule has 1 atom stereocenters. The summed E-state index contributed by atoms with van der Waals surface area (Å²) >= 11 is 0. The number of nitrogens with zero attached hydrogens (tertiary/aromatic N) is 5. The van der Waals surface area contributed by atoms with E-state index in [9.17, 15) is 4.39 Å². The van der Waals surface area contributed by atoms with Crippen molar-refractivity contribution in [2.45, 2.75) is 38.3 Å². The summed E-state index contributed by atoms with van der Waals surface area (Å²) in [5.74, 6) is 1.21. The number of likely N-dealkylation sites (N-methyl/N-ethyl adjacent to an activating group) is 1. The van der Waals surface area contributed by atoms with Gasteiger partial charge >= 0.3 is 0 Å². The van der Waals surface area contributed by atoms with E-state index < -0.39 is 0 Å². The summed E-state index contributed by atoms with van der Waals surface area (Å²) in [7, 11) is 4.18. The van der Waals surface area contributed by atoms with E-state index in [1.165, 1.54) is 22.9 Å². The third-order valence-corrected chi connectivity index (χ3v) is 6.44. The fraction of sp³-hybridized carbons (Fsp3) is 0.478. The van der Waals surface area contributed by atoms with Gasteiger partial charge in [-0.2, -0.15) is 0 Å². The molecule has 1 aromatic carbocycles. The van der Waals surface area contributed by atoms with Gasteiger partial charge in [0.25, 0.3) is 0 Å². The van der Waals surface area contributed by atoms with Crippen LogP contribution >= 0.6 is 0 Å². The first-order valence-electron chi connectivity index (χ1n) is 10.6. The van der Waals surface area contributed by atoms with E-state index in [1.54, 1.807) is 6.07 Å². The van der Waals surface area contributed by atoms with Crippen LogP contribution in [0.4, 0.5) is 4.39 Å². The van der Waals surface area contributed by atoms with E-state index in [1.807, 2.05) is 19.3 Å². The molecule has 0 amide bonds. The largest absolute Gasteiger partial charge is 0.350 e. The summed E-state index contributed by atoms with van der Waals surface area (Å²) in [6.45, 7) is 4.89. The predicted octanol–water partition coefficient (Wildman–Crippen LogP) is 3.47. The molecule has 5 rings (SSSR count). The number of piperidine rings is 1. The molecule has 6 heteroatoms. The lowest BCUT2D eigenvalue weighted by Gasteiger charge is -2.32. The first-order chi connectivity index (χ1) is 14.1. The van der Waals surface area contributed by atoms with Crippen LogP contribution in [-0.4, -0.2) is 51.0 Å². The third kappa shape index (κ3) is 3.67. The van der Waals surface area contributed by atoms with Gasteiger partial charge in [0.15, 0.2) is 0 Å². The molecule has 2 aliphatic rings. The van der Waals surface area contributed by atoms with E-state index in [4.69, 9.17) is 9.97 Å². The van der Waals surface area contributed by atoms with E-state index in [0.717, 1.165) is 68.7 Å². The van der Waals surface area contributed by atoms with Crippen LogP contribution in [0.5, 0.6) is 0 Å². The lowest BCUT2D eigenvalue weighted by molar-refractivity contribution is 0.196. The molecule has 0 radical (unpaired) electrons. The number of fused-ring (bicyclic) bond motifs is 2. The highest BCUT2D eigenvalue weighted by Gasteiger charge is 2.26. The molecule has 2 aliphatic heterocycles. The Labute approximate surface area is 171 Å². The van der Waals surface area contributed by atoms with Gasteiger partial charge in [0.1, 0.15) is 11.6 Å². The normalized spacial score (nSPS) is 20.9. The molecule has 4 heterocycles. The van der Waals surface area contributed by atoms with Crippen LogP contribution in [0.15, 0.2) is 30.6 Å². The predicted molar refractivity (Wildman–Crippen MR) is 112 cm³/mol. The summed E-state index contributed by atoms with van der Waals surface area (Å²) < 4.78 is 15.9. The zero-order valence-electron chi connectivity index (χ0n) is 17.2. The van der Waals surface area contributed by atoms with Crippen molar-refractivity contribution >= 4 is 10.9 Å². The Balaban J connectivity index is 1.35. The fourth-order valence-corrected chi connectivity index (χ4v) is 4.89. The van der Waals surface area contributed by atoms with Gasteiger partial charge in [-0.3, -0.25) is 4.90 Å². The fourth-order valence-electron chi connectivity index (χ4n) is 4.89. The zero-order valence-corrected chi connectivity index (χ0v) is 17.2. The van der Waals surface area contributed by atoms with Crippen LogP contribution in [-0.2, 0) is 26.6 Å². The first-order valence-corrected chi connectivity index (χ1v) is 10.6. The molecule has 0 aliphatic carbocycles. The molecule has 29 heavy (non-hydrogen) atoms. The SMILES string of the molecule is CN1CCc2nc([C@@H]3CCCN(Cc4cn(C)c5ccc(F)cc45)C3)ncc2C1. The van der Waals surface area contributed by atoms with Crippen LogP contribution in [0.2, 0.25) is 0 Å². The summed E-state index contributed by atoms with van der Waals surface area (Å²) in [5.41, 5.74) is 4.78. The van der Waals surface area contributed by atoms with Crippen molar-refractivity contribution in [3.63, 3.8) is 0 Å². The maximum atomic E-state index is 13.8. The quantitative estimate of drug-likeness (QED) is 0.683. The molecule has 0 N–H and O–H groups in total. The van der Waals surface area contributed by atoms with Gasteiger partial charge in [-0.1, -0.05) is 0 Å². The molecule has 0 bridgehead atoms. The molecule has 1 saturated heterocycles. The van der Waals surface area contributed by atoms with Gasteiger partial charge in [-0.05, 0) is 50.2 Å². The van der Waals surface area contributed by atoms with Gasteiger partial charge in [0, 0.05) is 80.1 Å². The Bertz CT molecular complexity index is 1040. The maximum absolute atomic E-state index is 13.8. The molecule has 3 aromatic rings. The second-order valence-corrected chi connectivity index (χ2v) is 8.69. The minimum Gasteiger partial charge on any atom is -0.350 e. The number of likely N-dealkylation sites (tertiary alicyclic amines) is 1. The van der Waals surface area contributed by atoms with Crippen molar-refractivity contribution in [2.24, 2.45) is 7.05 Å². The zero-order chi connectivity index (χ0) is 20.0. The number of rotatable bonds is 3. The van der Waals surface area contributed by atoms with Crippen molar-refractivity contribution in [3.8, 4) is 0 Å². The second-order valence-electron chi connectivity index (χ2n) is 8.69. The standard InChI is InChI=1S/C23H28FN5/c1-27-9-7-21-17(12-27)11-25-23(26-21)16-4-3-8-29(14-16)15-18-13-28(2)22-6-5-19(24)10-20(18)22/h5-6,10-11,13,16H,3-4,7-9,12,14-15H2,1-2H3/t16-/m1/s1. The summed E-state index contributed by atoms with van der Waals surface area (Å²) in [5, 5.41) is 1.02. The van der Waals surface area contributed by atoms with Crippen molar-refractivity contribution in [1.82, 2.24) is 24.3 Å². The highest BCUT2D eigenvalue weighted by Crippen LogP contribution is 2.29. The Morgan fingerprint density at radius 2 is 2.10 bits per heavy atom. The maximum Gasteiger partial charge on any atom is 0.132 e. The number of aryl methyl sites for hydroxylation is 1. The Kier molecular flexibility index (Phi) is 4.84. The average Bonchev–Trinajstić information content (AvgIpc) is 3.02. The molecule has 2 aromatic heterocycles. The third-order valence-electron chi connectivity index (χ3n) is 6.44. The molecule has 0 spiro atoms.